The van der Waals surface area contributed by atoms with E-state index in [0.717, 1.165) is 24.4 Å². The van der Waals surface area contributed by atoms with Gasteiger partial charge in [0.25, 0.3) is 0 Å². The summed E-state index contributed by atoms with van der Waals surface area (Å²) in [6.07, 6.45) is 1.96. The number of carbonyl (C=O) groups is 1. The molecule has 1 aromatic heterocycles. The third-order valence-corrected chi connectivity index (χ3v) is 3.28. The zero-order valence-electron chi connectivity index (χ0n) is 7.27. The molecule has 1 aromatic rings. The van der Waals surface area contributed by atoms with Crippen LogP contribution in [0.4, 0.5) is 5.00 Å². The molecule has 1 amide bonds. The van der Waals surface area contributed by atoms with E-state index in [4.69, 9.17) is 5.73 Å². The van der Waals surface area contributed by atoms with Gasteiger partial charge in [-0.1, -0.05) is 0 Å². The van der Waals surface area contributed by atoms with E-state index in [1.165, 1.54) is 0 Å². The molecular formula is C9H12N2OS. The van der Waals surface area contributed by atoms with E-state index >= 15 is 0 Å². The van der Waals surface area contributed by atoms with Crippen molar-refractivity contribution >= 4 is 22.2 Å². The van der Waals surface area contributed by atoms with Crippen LogP contribution in [-0.2, 0) is 4.79 Å². The summed E-state index contributed by atoms with van der Waals surface area (Å²) >= 11 is 1.66. The van der Waals surface area contributed by atoms with E-state index < -0.39 is 0 Å². The molecule has 0 saturated carbocycles. The second-order valence-electron chi connectivity index (χ2n) is 3.21. The molecule has 2 N–H and O–H groups in total. The van der Waals surface area contributed by atoms with Crippen molar-refractivity contribution in [2.45, 2.75) is 18.9 Å². The van der Waals surface area contributed by atoms with Crippen LogP contribution in [0.3, 0.4) is 0 Å². The first-order valence-electron chi connectivity index (χ1n) is 4.38. The van der Waals surface area contributed by atoms with Gasteiger partial charge < -0.3 is 10.6 Å². The summed E-state index contributed by atoms with van der Waals surface area (Å²) in [7, 11) is 0. The summed E-state index contributed by atoms with van der Waals surface area (Å²) in [6.45, 7) is 0.952. The molecule has 0 spiro atoms. The molecule has 0 radical (unpaired) electrons. The lowest BCUT2D eigenvalue weighted by Gasteiger charge is -2.21. The smallest absolute Gasteiger partial charge is 0.240 e. The molecule has 0 aromatic carbocycles. The number of nitrogens with zero attached hydrogens (tertiary/aromatic N) is 1. The minimum absolute atomic E-state index is 0.0846. The Morgan fingerprint density at radius 3 is 3.15 bits per heavy atom. The fraction of sp³-hybridized carbons (Fsp3) is 0.444. The third-order valence-electron chi connectivity index (χ3n) is 2.37. The maximum Gasteiger partial charge on any atom is 0.240 e. The molecular weight excluding hydrogens is 184 g/mol. The molecule has 4 heteroatoms. The van der Waals surface area contributed by atoms with Crippen molar-refractivity contribution in [3.63, 3.8) is 0 Å². The number of primary amides is 1. The average molecular weight is 196 g/mol. The second kappa shape index (κ2) is 3.38. The van der Waals surface area contributed by atoms with Gasteiger partial charge in [-0.3, -0.25) is 4.79 Å². The van der Waals surface area contributed by atoms with E-state index in [9.17, 15) is 4.79 Å². The first-order chi connectivity index (χ1) is 6.29. The summed E-state index contributed by atoms with van der Waals surface area (Å²) in [5, 5.41) is 3.17. The summed E-state index contributed by atoms with van der Waals surface area (Å²) < 4.78 is 0. The summed E-state index contributed by atoms with van der Waals surface area (Å²) in [6, 6.07) is 3.95. The molecule has 1 aliphatic rings. The number of hydrogen-bond donors (Lipinski definition) is 1. The van der Waals surface area contributed by atoms with Crippen molar-refractivity contribution < 1.29 is 4.79 Å². The molecule has 1 atom stereocenters. The molecule has 0 bridgehead atoms. The van der Waals surface area contributed by atoms with E-state index in [2.05, 4.69) is 4.90 Å². The van der Waals surface area contributed by atoms with Gasteiger partial charge in [-0.05, 0) is 30.4 Å². The van der Waals surface area contributed by atoms with Crippen molar-refractivity contribution in [1.29, 1.82) is 0 Å². The highest BCUT2D eigenvalue weighted by molar-refractivity contribution is 7.14. The van der Waals surface area contributed by atoms with Gasteiger partial charge in [0, 0.05) is 6.54 Å². The normalized spacial score (nSPS) is 22.2. The van der Waals surface area contributed by atoms with Crippen molar-refractivity contribution in [1.82, 2.24) is 0 Å². The van der Waals surface area contributed by atoms with Crippen molar-refractivity contribution in [2.24, 2.45) is 5.73 Å². The average Bonchev–Trinajstić information content (AvgIpc) is 2.74. The van der Waals surface area contributed by atoms with Gasteiger partial charge in [-0.25, -0.2) is 0 Å². The van der Waals surface area contributed by atoms with Crippen LogP contribution in [0.1, 0.15) is 12.8 Å². The molecule has 1 aliphatic heterocycles. The van der Waals surface area contributed by atoms with Gasteiger partial charge in [0.2, 0.25) is 5.91 Å². The fourth-order valence-electron chi connectivity index (χ4n) is 1.76. The SMILES string of the molecule is NC(=O)[C@@H]1CCCN1c1cccs1. The Balaban J connectivity index is 2.19. The van der Waals surface area contributed by atoms with E-state index in [1.54, 1.807) is 11.3 Å². The van der Waals surface area contributed by atoms with Crippen LogP contribution in [0.25, 0.3) is 0 Å². The number of rotatable bonds is 2. The Morgan fingerprint density at radius 2 is 2.54 bits per heavy atom. The lowest BCUT2D eigenvalue weighted by Crippen LogP contribution is -2.39. The fourth-order valence-corrected chi connectivity index (χ4v) is 2.57. The number of anilines is 1. The monoisotopic (exact) mass is 196 g/mol. The maximum atomic E-state index is 11.1. The first kappa shape index (κ1) is 8.56. The van der Waals surface area contributed by atoms with Crippen LogP contribution in [-0.4, -0.2) is 18.5 Å². The van der Waals surface area contributed by atoms with Gasteiger partial charge in [0.15, 0.2) is 0 Å². The van der Waals surface area contributed by atoms with Crippen LogP contribution in [0, 0.1) is 0 Å². The Hall–Kier alpha value is -1.03. The summed E-state index contributed by atoms with van der Waals surface area (Å²) in [5.74, 6) is -0.203. The number of hydrogen-bond acceptors (Lipinski definition) is 3. The van der Waals surface area contributed by atoms with Gasteiger partial charge in [-0.15, -0.1) is 11.3 Å². The van der Waals surface area contributed by atoms with Crippen LogP contribution < -0.4 is 10.6 Å². The second-order valence-corrected chi connectivity index (χ2v) is 4.13. The van der Waals surface area contributed by atoms with Crippen LogP contribution >= 0.6 is 11.3 Å². The predicted octanol–water partition coefficient (Wildman–Crippen LogP) is 1.20. The molecule has 2 heterocycles. The molecule has 0 aliphatic carbocycles. The van der Waals surface area contributed by atoms with Gasteiger partial charge in [0.05, 0.1) is 5.00 Å². The maximum absolute atomic E-state index is 11.1. The number of carbonyl (C=O) groups excluding carboxylic acids is 1. The minimum Gasteiger partial charge on any atom is -0.368 e. The van der Waals surface area contributed by atoms with Crippen molar-refractivity contribution in [2.75, 3.05) is 11.4 Å². The van der Waals surface area contributed by atoms with E-state index in [0.29, 0.717) is 0 Å². The van der Waals surface area contributed by atoms with Gasteiger partial charge in [0.1, 0.15) is 6.04 Å². The lowest BCUT2D eigenvalue weighted by molar-refractivity contribution is -0.119. The Kier molecular flexibility index (Phi) is 2.22. The van der Waals surface area contributed by atoms with E-state index in [-0.39, 0.29) is 11.9 Å². The van der Waals surface area contributed by atoms with E-state index in [1.807, 2.05) is 17.5 Å². The highest BCUT2D eigenvalue weighted by Gasteiger charge is 2.29. The standard InChI is InChI=1S/C9H12N2OS/c10-9(12)7-3-1-5-11(7)8-4-2-6-13-8/h2,4,6-7H,1,3,5H2,(H2,10,12)/t7-/m0/s1. The molecule has 0 unspecified atom stereocenters. The highest BCUT2D eigenvalue weighted by atomic mass is 32.1. The number of amides is 1. The molecule has 1 fully saturated rings. The molecule has 3 nitrogen and oxygen atoms in total. The van der Waals surface area contributed by atoms with Gasteiger partial charge in [-0.2, -0.15) is 0 Å². The number of nitrogens with two attached hydrogens (primary N) is 1. The molecule has 70 valence electrons. The van der Waals surface area contributed by atoms with Crippen LogP contribution in [0.15, 0.2) is 17.5 Å². The van der Waals surface area contributed by atoms with Crippen LogP contribution in [0.5, 0.6) is 0 Å². The quantitative estimate of drug-likeness (QED) is 0.772. The minimum atomic E-state index is -0.203. The van der Waals surface area contributed by atoms with Crippen molar-refractivity contribution in [3.05, 3.63) is 17.5 Å². The van der Waals surface area contributed by atoms with Gasteiger partial charge >= 0.3 is 0 Å². The first-order valence-corrected chi connectivity index (χ1v) is 5.26. The zero-order chi connectivity index (χ0) is 9.26. The highest BCUT2D eigenvalue weighted by Crippen LogP contribution is 2.29. The van der Waals surface area contributed by atoms with Crippen LogP contribution in [0.2, 0.25) is 0 Å². The molecule has 1 saturated heterocycles. The Bertz CT molecular complexity index is 297. The Morgan fingerprint density at radius 1 is 1.69 bits per heavy atom. The number of thiophene rings is 1. The molecule has 2 rings (SSSR count). The summed E-state index contributed by atoms with van der Waals surface area (Å²) in [5.41, 5.74) is 5.32. The molecule has 13 heavy (non-hydrogen) atoms. The Labute approximate surface area is 81.2 Å². The lowest BCUT2D eigenvalue weighted by atomic mass is 10.2. The predicted molar refractivity (Wildman–Crippen MR) is 53.9 cm³/mol. The third kappa shape index (κ3) is 1.54. The topological polar surface area (TPSA) is 46.3 Å². The van der Waals surface area contributed by atoms with Crippen molar-refractivity contribution in [3.8, 4) is 0 Å². The summed E-state index contributed by atoms with van der Waals surface area (Å²) in [4.78, 5) is 13.2. The largest absolute Gasteiger partial charge is 0.368 e. The zero-order valence-corrected chi connectivity index (χ0v) is 8.09.